The Morgan fingerprint density at radius 3 is 3.00 bits per heavy atom. The second-order valence-corrected chi connectivity index (χ2v) is 5.90. The first-order valence-electron chi connectivity index (χ1n) is 7.87. The van der Waals surface area contributed by atoms with E-state index in [1.807, 2.05) is 11.0 Å². The summed E-state index contributed by atoms with van der Waals surface area (Å²) in [6.45, 7) is 1.90. The van der Waals surface area contributed by atoms with Crippen LogP contribution in [0.15, 0.2) is 30.9 Å². The van der Waals surface area contributed by atoms with Crippen molar-refractivity contribution in [2.75, 3.05) is 19.7 Å². The van der Waals surface area contributed by atoms with Crippen molar-refractivity contribution in [1.29, 1.82) is 0 Å². The maximum atomic E-state index is 14.3. The van der Waals surface area contributed by atoms with Crippen molar-refractivity contribution in [1.82, 2.24) is 19.7 Å². The van der Waals surface area contributed by atoms with Gasteiger partial charge in [0, 0.05) is 19.7 Å². The second kappa shape index (κ2) is 7.50. The summed E-state index contributed by atoms with van der Waals surface area (Å²) in [5.41, 5.74) is 6.42. The summed E-state index contributed by atoms with van der Waals surface area (Å²) in [7, 11) is 0. The molecule has 1 aliphatic rings. The number of primary amides is 1. The van der Waals surface area contributed by atoms with Gasteiger partial charge in [-0.1, -0.05) is 6.07 Å². The molecule has 0 bridgehead atoms. The van der Waals surface area contributed by atoms with Crippen molar-refractivity contribution in [3.63, 3.8) is 0 Å². The molecule has 1 saturated heterocycles. The molecule has 1 fully saturated rings. The largest absolute Gasteiger partial charge is 0.377 e. The smallest absolute Gasteiger partial charge is 0.231 e. The van der Waals surface area contributed by atoms with Gasteiger partial charge in [-0.3, -0.25) is 9.69 Å². The normalized spacial score (nSPS) is 17.5. The lowest BCUT2D eigenvalue weighted by Crippen LogP contribution is -2.38. The lowest BCUT2D eigenvalue weighted by atomic mass is 10.1. The number of nitrogens with two attached hydrogens (primary N) is 1. The number of carbonyl (C=O) groups excluding carboxylic acids is 1. The molecule has 2 aromatic rings. The van der Waals surface area contributed by atoms with Gasteiger partial charge >= 0.3 is 0 Å². The van der Waals surface area contributed by atoms with Crippen LogP contribution in [-0.2, 0) is 16.1 Å². The zero-order valence-corrected chi connectivity index (χ0v) is 13.3. The molecule has 1 aromatic heterocycles. The summed E-state index contributed by atoms with van der Waals surface area (Å²) in [6.07, 6.45) is 4.88. The summed E-state index contributed by atoms with van der Waals surface area (Å²) < 4.78 is 21.3. The average Bonchev–Trinajstić information content (AvgIpc) is 3.20. The van der Waals surface area contributed by atoms with Crippen molar-refractivity contribution >= 4 is 5.91 Å². The molecular formula is C16H20FN5O2. The predicted molar refractivity (Wildman–Crippen MR) is 84.8 cm³/mol. The second-order valence-electron chi connectivity index (χ2n) is 5.90. The molecule has 1 aromatic carbocycles. The number of ether oxygens (including phenoxy) is 1. The molecule has 2 heterocycles. The minimum absolute atomic E-state index is 0.101. The van der Waals surface area contributed by atoms with E-state index in [-0.39, 0.29) is 12.6 Å². The van der Waals surface area contributed by atoms with Gasteiger partial charge in [-0.25, -0.2) is 14.1 Å². The molecule has 1 aliphatic heterocycles. The molecule has 0 saturated carbocycles. The third-order valence-corrected chi connectivity index (χ3v) is 3.95. The zero-order valence-electron chi connectivity index (χ0n) is 13.3. The number of hydrogen-bond donors (Lipinski definition) is 1. The molecule has 8 heteroatoms. The molecule has 24 heavy (non-hydrogen) atoms. The highest BCUT2D eigenvalue weighted by Gasteiger charge is 2.20. The molecule has 7 nitrogen and oxygen atoms in total. The highest BCUT2D eigenvalue weighted by atomic mass is 19.1. The van der Waals surface area contributed by atoms with E-state index < -0.39 is 11.7 Å². The maximum absolute atomic E-state index is 14.3. The van der Waals surface area contributed by atoms with Crippen LogP contribution in [0.3, 0.4) is 0 Å². The summed E-state index contributed by atoms with van der Waals surface area (Å²) in [6, 6.07) is 4.90. The quantitative estimate of drug-likeness (QED) is 0.813. The van der Waals surface area contributed by atoms with Gasteiger partial charge in [0.2, 0.25) is 5.91 Å². The number of halogens is 1. The van der Waals surface area contributed by atoms with Gasteiger partial charge in [0.25, 0.3) is 0 Å². The third kappa shape index (κ3) is 4.15. The molecule has 0 radical (unpaired) electrons. The summed E-state index contributed by atoms with van der Waals surface area (Å²) >= 11 is 0. The first-order chi connectivity index (χ1) is 11.6. The van der Waals surface area contributed by atoms with Crippen LogP contribution >= 0.6 is 0 Å². The Balaban J connectivity index is 1.71. The van der Waals surface area contributed by atoms with Crippen LogP contribution in [0.25, 0.3) is 5.69 Å². The van der Waals surface area contributed by atoms with Gasteiger partial charge in [-0.2, -0.15) is 5.10 Å². The lowest BCUT2D eigenvalue weighted by Gasteiger charge is -2.24. The van der Waals surface area contributed by atoms with Crippen molar-refractivity contribution in [3.05, 3.63) is 42.2 Å². The van der Waals surface area contributed by atoms with E-state index in [1.54, 1.807) is 6.07 Å². The van der Waals surface area contributed by atoms with Crippen LogP contribution in [0.1, 0.15) is 18.4 Å². The number of amides is 1. The summed E-state index contributed by atoms with van der Waals surface area (Å²) in [4.78, 5) is 17.0. The minimum atomic E-state index is -0.410. The summed E-state index contributed by atoms with van der Waals surface area (Å²) in [5, 5.41) is 3.92. The number of rotatable bonds is 7. The van der Waals surface area contributed by atoms with Gasteiger partial charge in [-0.05, 0) is 30.5 Å². The van der Waals surface area contributed by atoms with E-state index in [1.165, 1.54) is 23.4 Å². The molecule has 0 spiro atoms. The molecule has 128 valence electrons. The Morgan fingerprint density at radius 2 is 2.38 bits per heavy atom. The van der Waals surface area contributed by atoms with Crippen LogP contribution < -0.4 is 5.73 Å². The zero-order chi connectivity index (χ0) is 16.9. The van der Waals surface area contributed by atoms with E-state index in [0.717, 1.165) is 25.0 Å². The molecule has 0 aliphatic carbocycles. The maximum Gasteiger partial charge on any atom is 0.231 e. The molecule has 1 amide bonds. The number of aromatic nitrogens is 3. The van der Waals surface area contributed by atoms with Gasteiger partial charge in [0.1, 0.15) is 24.2 Å². The molecule has 0 unspecified atom stereocenters. The standard InChI is InChI=1S/C16H20FN5O2/c17-14-6-12(3-4-15(14)22-11-19-10-20-22)7-21(9-16(18)23)8-13-2-1-5-24-13/h3-4,6,10-11,13H,1-2,5,7-9H2,(H2,18,23)/t13-/m1/s1. The lowest BCUT2D eigenvalue weighted by molar-refractivity contribution is -0.119. The molecule has 3 rings (SSSR count). The molecule has 1 atom stereocenters. The van der Waals surface area contributed by atoms with E-state index in [4.69, 9.17) is 10.5 Å². The Morgan fingerprint density at radius 1 is 1.50 bits per heavy atom. The highest BCUT2D eigenvalue weighted by Crippen LogP contribution is 2.18. The Labute approximate surface area is 139 Å². The van der Waals surface area contributed by atoms with Crippen molar-refractivity contribution in [3.8, 4) is 5.69 Å². The SMILES string of the molecule is NC(=O)CN(Cc1ccc(-n2cncn2)c(F)c1)C[C@H]1CCCO1. The molecule has 2 N–H and O–H groups in total. The van der Waals surface area contributed by atoms with Gasteiger partial charge in [-0.15, -0.1) is 0 Å². The van der Waals surface area contributed by atoms with Crippen LogP contribution in [0, 0.1) is 5.82 Å². The highest BCUT2D eigenvalue weighted by molar-refractivity contribution is 5.75. The van der Waals surface area contributed by atoms with Crippen LogP contribution in [-0.4, -0.2) is 51.4 Å². The van der Waals surface area contributed by atoms with E-state index in [0.29, 0.717) is 18.8 Å². The third-order valence-electron chi connectivity index (χ3n) is 3.95. The fourth-order valence-electron chi connectivity index (χ4n) is 2.91. The van der Waals surface area contributed by atoms with Crippen molar-refractivity contribution in [2.45, 2.75) is 25.5 Å². The van der Waals surface area contributed by atoms with Crippen LogP contribution in [0.5, 0.6) is 0 Å². The first kappa shape index (κ1) is 16.5. The monoisotopic (exact) mass is 333 g/mol. The first-order valence-corrected chi connectivity index (χ1v) is 7.87. The fraction of sp³-hybridized carbons (Fsp3) is 0.438. The van der Waals surface area contributed by atoms with Gasteiger partial charge in [0.05, 0.1) is 12.6 Å². The average molecular weight is 333 g/mol. The number of carbonyl (C=O) groups is 1. The minimum Gasteiger partial charge on any atom is -0.377 e. The van der Waals surface area contributed by atoms with E-state index in [9.17, 15) is 9.18 Å². The Bertz CT molecular complexity index is 686. The Hall–Kier alpha value is -2.32. The van der Waals surface area contributed by atoms with Gasteiger partial charge in [0.15, 0.2) is 0 Å². The van der Waals surface area contributed by atoms with E-state index >= 15 is 0 Å². The summed E-state index contributed by atoms with van der Waals surface area (Å²) in [5.74, 6) is -0.804. The molecular weight excluding hydrogens is 313 g/mol. The van der Waals surface area contributed by atoms with E-state index in [2.05, 4.69) is 10.1 Å². The predicted octanol–water partition coefficient (Wildman–Crippen LogP) is 0.873. The van der Waals surface area contributed by atoms with Gasteiger partial charge < -0.3 is 10.5 Å². The number of nitrogens with zero attached hydrogens (tertiary/aromatic N) is 4. The van der Waals surface area contributed by atoms with Crippen molar-refractivity contribution in [2.24, 2.45) is 5.73 Å². The van der Waals surface area contributed by atoms with Crippen LogP contribution in [0.2, 0.25) is 0 Å². The fourth-order valence-corrected chi connectivity index (χ4v) is 2.91. The number of hydrogen-bond acceptors (Lipinski definition) is 5. The van der Waals surface area contributed by atoms with Crippen LogP contribution in [0.4, 0.5) is 4.39 Å². The van der Waals surface area contributed by atoms with Crippen molar-refractivity contribution < 1.29 is 13.9 Å². The number of benzene rings is 1. The Kier molecular flexibility index (Phi) is 5.17. The topological polar surface area (TPSA) is 86.3 Å².